The molecule has 7 nitrogen and oxygen atoms in total. The molecule has 2 fully saturated rings. The number of hydrogen-bond donors (Lipinski definition) is 4. The molecule has 3 unspecified atom stereocenters. The average Bonchev–Trinajstić information content (AvgIpc) is 3.30. The molecule has 7 heteroatoms. The van der Waals surface area contributed by atoms with Crippen LogP contribution in [-0.4, -0.2) is 71.5 Å². The minimum Gasteiger partial charge on any atom is -0.396 e. The maximum atomic E-state index is 11.8. The number of aliphatic hydroxyl groups excluding tert-OH is 3. The van der Waals surface area contributed by atoms with Gasteiger partial charge in [0, 0.05) is 25.1 Å². The molecule has 2 aliphatic rings. The first-order chi connectivity index (χ1) is 12.3. The molecule has 0 aromatic rings. The molecule has 4 N–H and O–H groups in total. The van der Waals surface area contributed by atoms with Crippen LogP contribution in [0.15, 0.2) is 11.6 Å². The van der Waals surface area contributed by atoms with E-state index in [0.717, 1.165) is 5.57 Å². The van der Waals surface area contributed by atoms with Crippen LogP contribution in [0.3, 0.4) is 0 Å². The number of nitrogens with one attached hydrogen (secondary N) is 1. The van der Waals surface area contributed by atoms with E-state index >= 15 is 0 Å². The van der Waals surface area contributed by atoms with Gasteiger partial charge in [0.15, 0.2) is 0 Å². The lowest BCUT2D eigenvalue weighted by Gasteiger charge is -2.37. The van der Waals surface area contributed by atoms with Crippen molar-refractivity contribution < 1.29 is 29.6 Å². The van der Waals surface area contributed by atoms with Gasteiger partial charge in [-0.05, 0) is 32.1 Å². The number of aliphatic hydroxyl groups is 3. The van der Waals surface area contributed by atoms with Crippen LogP contribution in [0.4, 0.5) is 0 Å². The SMILES string of the molecule is C/C(=C\C(=O)NCC(C)C)C[C@@H]1OC[C@H](C[C@@H]2OC2CCO)C(O)C1O. The minimum absolute atomic E-state index is 0.0282. The van der Waals surface area contributed by atoms with Gasteiger partial charge in [-0.3, -0.25) is 4.79 Å². The fourth-order valence-electron chi connectivity index (χ4n) is 3.35. The topological polar surface area (TPSA) is 112 Å². The van der Waals surface area contributed by atoms with Crippen molar-refractivity contribution in [3.63, 3.8) is 0 Å². The monoisotopic (exact) mass is 371 g/mol. The second-order valence-corrected chi connectivity index (χ2v) is 7.91. The third kappa shape index (κ3) is 6.32. The van der Waals surface area contributed by atoms with E-state index in [1.54, 1.807) is 0 Å². The summed E-state index contributed by atoms with van der Waals surface area (Å²) in [5.41, 5.74) is 0.800. The number of epoxide rings is 1. The van der Waals surface area contributed by atoms with Crippen molar-refractivity contribution in [2.45, 2.75) is 70.6 Å². The van der Waals surface area contributed by atoms with E-state index in [0.29, 0.717) is 38.3 Å². The molecular weight excluding hydrogens is 338 g/mol. The number of carbonyl (C=O) groups is 1. The van der Waals surface area contributed by atoms with Crippen molar-refractivity contribution in [1.29, 1.82) is 0 Å². The highest BCUT2D eigenvalue weighted by Gasteiger charge is 2.45. The van der Waals surface area contributed by atoms with Crippen molar-refractivity contribution in [2.24, 2.45) is 11.8 Å². The lowest BCUT2D eigenvalue weighted by atomic mass is 9.86. The Morgan fingerprint density at radius 1 is 1.23 bits per heavy atom. The lowest BCUT2D eigenvalue weighted by Crippen LogP contribution is -2.50. The molecule has 0 aliphatic carbocycles. The zero-order valence-electron chi connectivity index (χ0n) is 15.9. The maximum absolute atomic E-state index is 11.8. The summed E-state index contributed by atoms with van der Waals surface area (Å²) in [6.45, 7) is 6.93. The summed E-state index contributed by atoms with van der Waals surface area (Å²) in [5, 5.41) is 32.5. The van der Waals surface area contributed by atoms with E-state index in [1.165, 1.54) is 6.08 Å². The van der Waals surface area contributed by atoms with E-state index < -0.39 is 18.3 Å². The van der Waals surface area contributed by atoms with Gasteiger partial charge in [-0.25, -0.2) is 0 Å². The summed E-state index contributed by atoms with van der Waals surface area (Å²) in [4.78, 5) is 11.8. The molecule has 1 amide bonds. The average molecular weight is 371 g/mol. The van der Waals surface area contributed by atoms with Crippen molar-refractivity contribution in [3.8, 4) is 0 Å². The molecule has 150 valence electrons. The van der Waals surface area contributed by atoms with E-state index in [-0.39, 0.29) is 30.6 Å². The largest absolute Gasteiger partial charge is 0.396 e. The third-order valence-corrected chi connectivity index (χ3v) is 4.96. The molecular formula is C19H33NO6. The predicted octanol–water partition coefficient (Wildman–Crippen LogP) is 0.372. The predicted molar refractivity (Wildman–Crippen MR) is 96.4 cm³/mol. The van der Waals surface area contributed by atoms with Gasteiger partial charge in [-0.2, -0.15) is 0 Å². The normalized spacial score (nSPS) is 34.8. The van der Waals surface area contributed by atoms with E-state index in [2.05, 4.69) is 5.32 Å². The Kier molecular flexibility index (Phi) is 8.04. The lowest BCUT2D eigenvalue weighted by molar-refractivity contribution is -0.165. The van der Waals surface area contributed by atoms with Crippen molar-refractivity contribution in [2.75, 3.05) is 19.8 Å². The van der Waals surface area contributed by atoms with Crippen LogP contribution >= 0.6 is 0 Å². The van der Waals surface area contributed by atoms with E-state index in [1.807, 2.05) is 20.8 Å². The van der Waals surface area contributed by atoms with Crippen molar-refractivity contribution in [3.05, 3.63) is 11.6 Å². The Hall–Kier alpha value is -0.990. The van der Waals surface area contributed by atoms with Gasteiger partial charge in [0.1, 0.15) is 6.10 Å². The molecule has 0 aromatic carbocycles. The standard InChI is InChI=1S/C19H33NO6/c1-11(2)9-20-17(22)7-12(3)6-16-19(24)18(23)13(10-25-16)8-15-14(26-15)4-5-21/h7,11,13-16,18-19,21,23-24H,4-6,8-10H2,1-3H3,(H,20,22)/b12-7+/t13-,14?,15-,16-,18?,19?/m0/s1. The molecule has 0 saturated carbocycles. The van der Waals surface area contributed by atoms with Crippen LogP contribution in [0.25, 0.3) is 0 Å². The second-order valence-electron chi connectivity index (χ2n) is 7.91. The molecule has 0 spiro atoms. The summed E-state index contributed by atoms with van der Waals surface area (Å²) < 4.78 is 11.2. The zero-order chi connectivity index (χ0) is 19.3. The molecule has 0 bridgehead atoms. The Bertz CT molecular complexity index is 494. The van der Waals surface area contributed by atoms with Crippen LogP contribution < -0.4 is 5.32 Å². The molecule has 6 atom stereocenters. The van der Waals surface area contributed by atoms with E-state index in [4.69, 9.17) is 14.6 Å². The Morgan fingerprint density at radius 3 is 2.62 bits per heavy atom. The molecule has 26 heavy (non-hydrogen) atoms. The molecule has 2 heterocycles. The number of ether oxygens (including phenoxy) is 2. The molecule has 0 radical (unpaired) electrons. The van der Waals surface area contributed by atoms with Gasteiger partial charge in [0.2, 0.25) is 5.91 Å². The number of amides is 1. The van der Waals surface area contributed by atoms with Gasteiger partial charge in [-0.1, -0.05) is 19.4 Å². The minimum atomic E-state index is -0.995. The van der Waals surface area contributed by atoms with Gasteiger partial charge in [-0.15, -0.1) is 0 Å². The van der Waals surface area contributed by atoms with Crippen LogP contribution in [0, 0.1) is 11.8 Å². The molecule has 0 aromatic heterocycles. The Morgan fingerprint density at radius 2 is 1.96 bits per heavy atom. The van der Waals surface area contributed by atoms with Crippen molar-refractivity contribution in [1.82, 2.24) is 5.32 Å². The number of carbonyl (C=O) groups excluding carboxylic acids is 1. The van der Waals surface area contributed by atoms with Crippen LogP contribution in [0.5, 0.6) is 0 Å². The van der Waals surface area contributed by atoms with Crippen LogP contribution in [-0.2, 0) is 14.3 Å². The summed E-state index contributed by atoms with van der Waals surface area (Å²) >= 11 is 0. The fraction of sp³-hybridized carbons (Fsp3) is 0.842. The van der Waals surface area contributed by atoms with Gasteiger partial charge >= 0.3 is 0 Å². The third-order valence-electron chi connectivity index (χ3n) is 4.96. The Balaban J connectivity index is 1.79. The number of rotatable bonds is 9. The highest BCUT2D eigenvalue weighted by atomic mass is 16.6. The fourth-order valence-corrected chi connectivity index (χ4v) is 3.35. The second kappa shape index (κ2) is 9.80. The van der Waals surface area contributed by atoms with Crippen LogP contribution in [0.2, 0.25) is 0 Å². The summed E-state index contributed by atoms with van der Waals surface area (Å²) in [6.07, 6.45) is 0.813. The maximum Gasteiger partial charge on any atom is 0.243 e. The summed E-state index contributed by atoms with van der Waals surface area (Å²) in [6, 6.07) is 0. The first-order valence-corrected chi connectivity index (χ1v) is 9.50. The summed E-state index contributed by atoms with van der Waals surface area (Å²) in [5.74, 6) is 0.0463. The smallest absolute Gasteiger partial charge is 0.243 e. The highest BCUT2D eigenvalue weighted by Crippen LogP contribution is 2.35. The number of hydrogen-bond acceptors (Lipinski definition) is 6. The highest BCUT2D eigenvalue weighted by molar-refractivity contribution is 5.88. The molecule has 2 rings (SSSR count). The quantitative estimate of drug-likeness (QED) is 0.344. The van der Waals surface area contributed by atoms with Gasteiger partial charge in [0.25, 0.3) is 0 Å². The zero-order valence-corrected chi connectivity index (χ0v) is 15.9. The molecule has 2 aliphatic heterocycles. The van der Waals surface area contributed by atoms with E-state index in [9.17, 15) is 15.0 Å². The first-order valence-electron chi connectivity index (χ1n) is 9.50. The van der Waals surface area contributed by atoms with Gasteiger partial charge < -0.3 is 30.1 Å². The summed E-state index contributed by atoms with van der Waals surface area (Å²) in [7, 11) is 0. The van der Waals surface area contributed by atoms with Crippen LogP contribution in [0.1, 0.15) is 40.0 Å². The Labute approximate surface area is 155 Å². The van der Waals surface area contributed by atoms with Gasteiger partial charge in [0.05, 0.1) is 31.0 Å². The van der Waals surface area contributed by atoms with Crippen molar-refractivity contribution >= 4 is 5.91 Å². The molecule has 2 saturated heterocycles. The first kappa shape index (κ1) is 21.3.